The van der Waals surface area contributed by atoms with E-state index in [0.717, 1.165) is 0 Å². The van der Waals surface area contributed by atoms with Gasteiger partial charge in [0.2, 0.25) is 0 Å². The Bertz CT molecular complexity index is 530. The normalized spacial score (nSPS) is 13.9. The van der Waals surface area contributed by atoms with Crippen LogP contribution in [0.1, 0.15) is 63.5 Å². The lowest BCUT2D eigenvalue weighted by Gasteiger charge is -2.21. The van der Waals surface area contributed by atoms with Gasteiger partial charge in [-0.1, -0.05) is 64.1 Å². The van der Waals surface area contributed by atoms with Crippen molar-refractivity contribution in [3.05, 3.63) is 47.5 Å². The van der Waals surface area contributed by atoms with Crippen molar-refractivity contribution in [1.82, 2.24) is 0 Å². The summed E-state index contributed by atoms with van der Waals surface area (Å²) in [7, 11) is 0. The van der Waals surface area contributed by atoms with Gasteiger partial charge in [-0.05, 0) is 46.6 Å². The van der Waals surface area contributed by atoms with Crippen LogP contribution in [0.3, 0.4) is 0 Å². The van der Waals surface area contributed by atoms with Crippen LogP contribution in [-0.2, 0) is 0 Å². The van der Waals surface area contributed by atoms with Crippen molar-refractivity contribution in [2.24, 2.45) is 0 Å². The van der Waals surface area contributed by atoms with Crippen molar-refractivity contribution in [2.75, 3.05) is 0 Å². The molecule has 0 radical (unpaired) electrons. The zero-order valence-corrected chi connectivity index (χ0v) is 13.5. The molecule has 2 aromatic rings. The van der Waals surface area contributed by atoms with Gasteiger partial charge in [0, 0.05) is 0 Å². The van der Waals surface area contributed by atoms with Gasteiger partial charge in [0.05, 0.1) is 0 Å². The summed E-state index contributed by atoms with van der Waals surface area (Å²) in [6, 6.07) is 13.4. The van der Waals surface area contributed by atoms with Gasteiger partial charge in [-0.15, -0.1) is 0 Å². The Hall–Kier alpha value is -0.950. The molecule has 0 saturated carbocycles. The summed E-state index contributed by atoms with van der Waals surface area (Å²) < 4.78 is 0. The first-order valence-corrected chi connectivity index (χ1v) is 7.20. The van der Waals surface area contributed by atoms with Crippen LogP contribution in [0.25, 0.3) is 10.8 Å². The second-order valence-corrected chi connectivity index (χ2v) is 5.41. The van der Waals surface area contributed by atoms with E-state index in [0.29, 0.717) is 11.8 Å². The monoisotopic (exact) mass is 274 g/mol. The molecule has 0 aliphatic carbocycles. The third kappa shape index (κ3) is 3.14. The number of rotatable bonds is 4. The highest BCUT2D eigenvalue weighted by atomic mass is 32.1. The van der Waals surface area contributed by atoms with Crippen LogP contribution in [0.15, 0.2) is 36.4 Å². The second-order valence-electron chi connectivity index (χ2n) is 5.41. The summed E-state index contributed by atoms with van der Waals surface area (Å²) >= 11 is 0. The van der Waals surface area contributed by atoms with Crippen LogP contribution < -0.4 is 0 Å². The van der Waals surface area contributed by atoms with E-state index < -0.39 is 0 Å². The number of hydrogen-bond donors (Lipinski definition) is 0. The fraction of sp³-hybridized carbons (Fsp3) is 0.444. The van der Waals surface area contributed by atoms with Crippen LogP contribution in [0.5, 0.6) is 0 Å². The molecule has 0 aliphatic rings. The first-order valence-electron chi connectivity index (χ1n) is 7.20. The van der Waals surface area contributed by atoms with Gasteiger partial charge in [0.1, 0.15) is 0 Å². The average molecular weight is 274 g/mol. The van der Waals surface area contributed by atoms with E-state index in [2.05, 4.69) is 64.1 Å². The van der Waals surface area contributed by atoms with Crippen LogP contribution >= 0.6 is 13.5 Å². The van der Waals surface area contributed by atoms with Gasteiger partial charge in [-0.25, -0.2) is 0 Å². The number of fused-ring (bicyclic) bond motifs is 1. The minimum absolute atomic E-state index is 0. The van der Waals surface area contributed by atoms with E-state index in [1.807, 2.05) is 0 Å². The summed E-state index contributed by atoms with van der Waals surface area (Å²) in [5.74, 6) is 1.29. The predicted octanol–water partition coefficient (Wildman–Crippen LogP) is 5.98. The van der Waals surface area contributed by atoms with E-state index in [-0.39, 0.29) is 13.5 Å². The molecule has 0 bridgehead atoms. The molecule has 0 nitrogen and oxygen atoms in total. The lowest BCUT2D eigenvalue weighted by Crippen LogP contribution is -2.03. The SMILES string of the molecule is CCC(C)c1ccc2ccccc2c1C(C)CC.S. The van der Waals surface area contributed by atoms with Gasteiger partial charge >= 0.3 is 0 Å². The van der Waals surface area contributed by atoms with Gasteiger partial charge in [0.15, 0.2) is 0 Å². The average Bonchev–Trinajstić information content (AvgIpc) is 2.44. The minimum Gasteiger partial charge on any atom is -0.197 e. The van der Waals surface area contributed by atoms with Crippen molar-refractivity contribution in [3.8, 4) is 0 Å². The van der Waals surface area contributed by atoms with E-state index in [1.165, 1.54) is 23.6 Å². The Morgan fingerprint density at radius 3 is 2.11 bits per heavy atom. The highest BCUT2D eigenvalue weighted by Crippen LogP contribution is 2.35. The standard InChI is InChI=1S/C18H24.H2S/c1-5-13(3)16-12-11-15-9-7-8-10-17(15)18(16)14(4)6-2;/h7-14H,5-6H2,1-4H3;1H2. The Morgan fingerprint density at radius 1 is 0.842 bits per heavy atom. The molecule has 2 atom stereocenters. The zero-order chi connectivity index (χ0) is 13.1. The summed E-state index contributed by atoms with van der Waals surface area (Å²) in [6.07, 6.45) is 2.42. The van der Waals surface area contributed by atoms with Crippen LogP contribution in [0, 0.1) is 0 Å². The highest BCUT2D eigenvalue weighted by Gasteiger charge is 2.16. The van der Waals surface area contributed by atoms with Crippen LogP contribution in [0.4, 0.5) is 0 Å². The maximum Gasteiger partial charge on any atom is -0.0146 e. The molecule has 0 saturated heterocycles. The maximum atomic E-state index is 2.35. The molecular formula is C18H26S. The van der Waals surface area contributed by atoms with Gasteiger partial charge in [-0.3, -0.25) is 0 Å². The van der Waals surface area contributed by atoms with E-state index in [1.54, 1.807) is 11.1 Å². The molecule has 19 heavy (non-hydrogen) atoms. The highest BCUT2D eigenvalue weighted by molar-refractivity contribution is 7.59. The molecule has 0 fully saturated rings. The van der Waals surface area contributed by atoms with Crippen LogP contribution in [-0.4, -0.2) is 0 Å². The Balaban J connectivity index is 0.00000180. The van der Waals surface area contributed by atoms with E-state index >= 15 is 0 Å². The molecule has 2 unspecified atom stereocenters. The lowest BCUT2D eigenvalue weighted by atomic mass is 9.83. The number of hydrogen-bond acceptors (Lipinski definition) is 0. The third-order valence-corrected chi connectivity index (χ3v) is 4.25. The molecule has 0 spiro atoms. The molecule has 0 aliphatic heterocycles. The maximum absolute atomic E-state index is 2.35. The molecule has 0 heterocycles. The van der Waals surface area contributed by atoms with Crippen molar-refractivity contribution in [2.45, 2.75) is 52.4 Å². The molecule has 0 aromatic heterocycles. The molecular weight excluding hydrogens is 248 g/mol. The van der Waals surface area contributed by atoms with Gasteiger partial charge < -0.3 is 0 Å². The molecule has 0 N–H and O–H groups in total. The predicted molar refractivity (Wildman–Crippen MR) is 91.7 cm³/mol. The molecule has 0 amide bonds. The minimum atomic E-state index is 0. The Kier molecular flexibility index (Phi) is 5.93. The summed E-state index contributed by atoms with van der Waals surface area (Å²) in [5, 5.41) is 2.82. The first kappa shape index (κ1) is 16.1. The molecule has 2 aromatic carbocycles. The van der Waals surface area contributed by atoms with E-state index in [9.17, 15) is 0 Å². The van der Waals surface area contributed by atoms with E-state index in [4.69, 9.17) is 0 Å². The zero-order valence-electron chi connectivity index (χ0n) is 12.5. The van der Waals surface area contributed by atoms with Crippen LogP contribution in [0.2, 0.25) is 0 Å². The van der Waals surface area contributed by atoms with Crippen molar-refractivity contribution in [1.29, 1.82) is 0 Å². The Morgan fingerprint density at radius 2 is 1.47 bits per heavy atom. The quantitative estimate of drug-likeness (QED) is 0.643. The molecule has 104 valence electrons. The van der Waals surface area contributed by atoms with Gasteiger partial charge in [0.25, 0.3) is 0 Å². The first-order chi connectivity index (χ1) is 8.69. The smallest absolute Gasteiger partial charge is 0.0146 e. The van der Waals surface area contributed by atoms with Crippen molar-refractivity contribution < 1.29 is 0 Å². The van der Waals surface area contributed by atoms with Crippen molar-refractivity contribution in [3.63, 3.8) is 0 Å². The molecule has 2 rings (SSSR count). The van der Waals surface area contributed by atoms with Gasteiger partial charge in [-0.2, -0.15) is 13.5 Å². The summed E-state index contributed by atoms with van der Waals surface area (Å²) in [6.45, 7) is 9.26. The third-order valence-electron chi connectivity index (χ3n) is 4.25. The number of benzene rings is 2. The fourth-order valence-electron chi connectivity index (χ4n) is 2.72. The lowest BCUT2D eigenvalue weighted by molar-refractivity contribution is 0.682. The van der Waals surface area contributed by atoms with Crippen molar-refractivity contribution >= 4 is 24.3 Å². The fourth-order valence-corrected chi connectivity index (χ4v) is 2.72. The second kappa shape index (κ2) is 7.00. The topological polar surface area (TPSA) is 0 Å². The largest absolute Gasteiger partial charge is 0.197 e. The summed E-state index contributed by atoms with van der Waals surface area (Å²) in [5.41, 5.74) is 3.12. The summed E-state index contributed by atoms with van der Waals surface area (Å²) in [4.78, 5) is 0. The molecule has 1 heteroatoms. The Labute approximate surface area is 124 Å².